The Morgan fingerprint density at radius 3 is 1.90 bits per heavy atom. The van der Waals surface area contributed by atoms with Crippen molar-refractivity contribution in [1.82, 2.24) is 0 Å². The quantitative estimate of drug-likeness (QED) is 0.743. The molecular formula is C18H20O2. The number of rotatable bonds is 5. The molecule has 0 bridgehead atoms. The van der Waals surface area contributed by atoms with Crippen molar-refractivity contribution in [2.75, 3.05) is 0 Å². The van der Waals surface area contributed by atoms with E-state index in [-0.39, 0.29) is 5.97 Å². The highest BCUT2D eigenvalue weighted by molar-refractivity contribution is 5.89. The van der Waals surface area contributed by atoms with Gasteiger partial charge in [-0.3, -0.25) is 0 Å². The van der Waals surface area contributed by atoms with Gasteiger partial charge in [0.15, 0.2) is 0 Å². The number of carbonyl (C=O) groups excluding carboxylic acids is 1. The van der Waals surface area contributed by atoms with Crippen LogP contribution in [0.2, 0.25) is 0 Å². The minimum Gasteiger partial charge on any atom is -0.451 e. The molecule has 2 heteroatoms. The third-order valence-electron chi connectivity index (χ3n) is 3.74. The van der Waals surface area contributed by atoms with Crippen LogP contribution in [0.25, 0.3) is 0 Å². The Labute approximate surface area is 120 Å². The van der Waals surface area contributed by atoms with Crippen LogP contribution in [0.15, 0.2) is 60.7 Å². The van der Waals surface area contributed by atoms with Crippen LogP contribution in [0.4, 0.5) is 0 Å². The molecule has 2 nitrogen and oxygen atoms in total. The highest BCUT2D eigenvalue weighted by atomic mass is 16.6. The Kier molecular flexibility index (Phi) is 4.57. The van der Waals surface area contributed by atoms with Gasteiger partial charge in [-0.25, -0.2) is 4.79 Å². The second-order valence-electron chi connectivity index (χ2n) is 4.82. The number of benzene rings is 2. The standard InChI is InChI=1S/C18H20O2/c1-3-18(4-2,16-13-9-6-10-14-16)20-17(19)15-11-7-5-8-12-15/h5-14H,3-4H2,1-2H3. The van der Waals surface area contributed by atoms with Gasteiger partial charge in [-0.15, -0.1) is 0 Å². The smallest absolute Gasteiger partial charge is 0.339 e. The van der Waals surface area contributed by atoms with Crippen LogP contribution in [0.1, 0.15) is 42.6 Å². The molecule has 0 amide bonds. The van der Waals surface area contributed by atoms with Crippen molar-refractivity contribution < 1.29 is 9.53 Å². The first-order valence-electron chi connectivity index (χ1n) is 7.06. The van der Waals surface area contributed by atoms with Crippen LogP contribution in [-0.4, -0.2) is 5.97 Å². The monoisotopic (exact) mass is 268 g/mol. The summed E-state index contributed by atoms with van der Waals surface area (Å²) >= 11 is 0. The average Bonchev–Trinajstić information content (AvgIpc) is 2.54. The van der Waals surface area contributed by atoms with E-state index < -0.39 is 5.60 Å². The van der Waals surface area contributed by atoms with Gasteiger partial charge in [-0.2, -0.15) is 0 Å². The van der Waals surface area contributed by atoms with E-state index in [2.05, 4.69) is 13.8 Å². The van der Waals surface area contributed by atoms with Crippen LogP contribution in [0.3, 0.4) is 0 Å². The van der Waals surface area contributed by atoms with Gasteiger partial charge in [0.05, 0.1) is 5.56 Å². The van der Waals surface area contributed by atoms with Gasteiger partial charge in [-0.05, 0) is 30.5 Å². The molecule has 0 aliphatic rings. The molecule has 0 fully saturated rings. The fraction of sp³-hybridized carbons (Fsp3) is 0.278. The molecule has 0 spiro atoms. The molecular weight excluding hydrogens is 248 g/mol. The van der Waals surface area contributed by atoms with E-state index in [1.165, 1.54) is 0 Å². The lowest BCUT2D eigenvalue weighted by molar-refractivity contribution is -0.0263. The van der Waals surface area contributed by atoms with Gasteiger partial charge < -0.3 is 4.74 Å². The third kappa shape index (κ3) is 2.90. The molecule has 2 rings (SSSR count). The predicted molar refractivity (Wildman–Crippen MR) is 80.6 cm³/mol. The molecule has 0 radical (unpaired) electrons. The normalized spacial score (nSPS) is 11.1. The van der Waals surface area contributed by atoms with Crippen molar-refractivity contribution in [2.24, 2.45) is 0 Å². The Morgan fingerprint density at radius 2 is 1.40 bits per heavy atom. The number of esters is 1. The minimum atomic E-state index is -0.547. The van der Waals surface area contributed by atoms with E-state index in [9.17, 15) is 4.79 Å². The van der Waals surface area contributed by atoms with Gasteiger partial charge in [0.1, 0.15) is 5.60 Å². The van der Waals surface area contributed by atoms with Crippen molar-refractivity contribution in [1.29, 1.82) is 0 Å². The second kappa shape index (κ2) is 6.38. The summed E-state index contributed by atoms with van der Waals surface area (Å²) in [4.78, 5) is 12.3. The summed E-state index contributed by atoms with van der Waals surface area (Å²) in [5.41, 5.74) is 1.10. The minimum absolute atomic E-state index is 0.266. The average molecular weight is 268 g/mol. The summed E-state index contributed by atoms with van der Waals surface area (Å²) in [5.74, 6) is -0.266. The highest BCUT2D eigenvalue weighted by Gasteiger charge is 2.32. The van der Waals surface area contributed by atoms with Crippen LogP contribution >= 0.6 is 0 Å². The molecule has 0 aliphatic carbocycles. The van der Waals surface area contributed by atoms with E-state index in [1.807, 2.05) is 48.5 Å². The van der Waals surface area contributed by atoms with E-state index in [0.29, 0.717) is 5.56 Å². The van der Waals surface area contributed by atoms with Gasteiger partial charge >= 0.3 is 5.97 Å². The van der Waals surface area contributed by atoms with Crippen LogP contribution in [0, 0.1) is 0 Å². The van der Waals surface area contributed by atoms with Gasteiger partial charge in [-0.1, -0.05) is 62.4 Å². The van der Waals surface area contributed by atoms with Crippen molar-refractivity contribution >= 4 is 5.97 Å². The molecule has 2 aromatic carbocycles. The van der Waals surface area contributed by atoms with E-state index in [1.54, 1.807) is 12.1 Å². The fourth-order valence-electron chi connectivity index (χ4n) is 2.41. The molecule has 0 aromatic heterocycles. The molecule has 0 saturated heterocycles. The summed E-state index contributed by atoms with van der Waals surface area (Å²) < 4.78 is 5.87. The maximum absolute atomic E-state index is 12.3. The summed E-state index contributed by atoms with van der Waals surface area (Å²) in [5, 5.41) is 0. The summed E-state index contributed by atoms with van der Waals surface area (Å²) in [6, 6.07) is 19.1. The highest BCUT2D eigenvalue weighted by Crippen LogP contribution is 2.33. The van der Waals surface area contributed by atoms with Gasteiger partial charge in [0.25, 0.3) is 0 Å². The van der Waals surface area contributed by atoms with Gasteiger partial charge in [0, 0.05) is 0 Å². The number of hydrogen-bond donors (Lipinski definition) is 0. The van der Waals surface area contributed by atoms with Crippen molar-refractivity contribution in [2.45, 2.75) is 32.3 Å². The largest absolute Gasteiger partial charge is 0.451 e. The zero-order valence-electron chi connectivity index (χ0n) is 12.0. The summed E-state index contributed by atoms with van der Waals surface area (Å²) in [6.07, 6.45) is 1.51. The van der Waals surface area contributed by atoms with Crippen LogP contribution in [0.5, 0.6) is 0 Å². The SMILES string of the molecule is CCC(CC)(OC(=O)c1ccccc1)c1ccccc1. The number of carbonyl (C=O) groups is 1. The predicted octanol–water partition coefficient (Wildman–Crippen LogP) is 4.56. The molecule has 0 unspecified atom stereocenters. The first-order chi connectivity index (χ1) is 9.72. The Balaban J connectivity index is 2.29. The maximum atomic E-state index is 12.3. The fourth-order valence-corrected chi connectivity index (χ4v) is 2.41. The van der Waals surface area contributed by atoms with Gasteiger partial charge in [0.2, 0.25) is 0 Å². The zero-order chi connectivity index (χ0) is 14.4. The van der Waals surface area contributed by atoms with Crippen LogP contribution in [-0.2, 0) is 10.3 Å². The zero-order valence-corrected chi connectivity index (χ0v) is 12.0. The van der Waals surface area contributed by atoms with Crippen LogP contribution < -0.4 is 0 Å². The van der Waals surface area contributed by atoms with Crippen molar-refractivity contribution in [3.8, 4) is 0 Å². The molecule has 2 aromatic rings. The van der Waals surface area contributed by atoms with Crippen molar-refractivity contribution in [3.63, 3.8) is 0 Å². The lowest BCUT2D eigenvalue weighted by Gasteiger charge is -2.32. The van der Waals surface area contributed by atoms with E-state index in [4.69, 9.17) is 4.74 Å². The molecule has 0 N–H and O–H groups in total. The Bertz CT molecular complexity index is 542. The first kappa shape index (κ1) is 14.3. The molecule has 0 atom stereocenters. The molecule has 104 valence electrons. The van der Waals surface area contributed by atoms with E-state index >= 15 is 0 Å². The molecule has 20 heavy (non-hydrogen) atoms. The first-order valence-corrected chi connectivity index (χ1v) is 7.06. The summed E-state index contributed by atoms with van der Waals surface area (Å²) in [6.45, 7) is 4.10. The third-order valence-corrected chi connectivity index (χ3v) is 3.74. The molecule has 0 aliphatic heterocycles. The number of ether oxygens (including phenoxy) is 1. The van der Waals surface area contributed by atoms with Crippen molar-refractivity contribution in [3.05, 3.63) is 71.8 Å². The van der Waals surface area contributed by atoms with E-state index in [0.717, 1.165) is 18.4 Å². The molecule has 0 saturated carbocycles. The lowest BCUT2D eigenvalue weighted by atomic mass is 9.88. The number of hydrogen-bond acceptors (Lipinski definition) is 2. The Hall–Kier alpha value is -2.09. The molecule has 0 heterocycles. The Morgan fingerprint density at radius 1 is 0.900 bits per heavy atom. The summed E-state index contributed by atoms with van der Waals surface area (Å²) in [7, 11) is 0. The lowest BCUT2D eigenvalue weighted by Crippen LogP contribution is -2.31. The second-order valence-corrected chi connectivity index (χ2v) is 4.82. The maximum Gasteiger partial charge on any atom is 0.339 e. The topological polar surface area (TPSA) is 26.3 Å².